The monoisotopic (exact) mass is 1230 g/mol. The molecule has 0 N–H and O–H groups in total. The lowest BCUT2D eigenvalue weighted by Gasteiger charge is -2.35. The highest BCUT2D eigenvalue weighted by molar-refractivity contribution is 5.92. The van der Waals surface area contributed by atoms with Crippen LogP contribution in [0.4, 0.5) is 0 Å². The Morgan fingerprint density at radius 3 is 0.732 bits per heavy atom. The summed E-state index contributed by atoms with van der Waals surface area (Å²) in [5.41, 5.74) is 28.8. The molecular weight excluding hydrogens is 1170 g/mol. The van der Waals surface area contributed by atoms with Crippen molar-refractivity contribution in [3.05, 3.63) is 404 Å². The standard InChI is InChI=1S/C94H63N3/c1-9-28-64(29-10-1)75-51-76(65-30-11-2-12-31-65)54-79(53-75)72-44-27-45-73(50-72)91-95-92(97-93(96-91)84-57-77(66-32-13-3-14-33-66)52-78(58-84)67-34-15-4-16-35-67)74-48-49-88-87-46-25-26-47-89(87)94(90(88)63-74,85-59-80(68-36-17-5-18-37-68)55-81(60-85)69-38-19-6-20-39-69)86-61-82(70-40-21-7-22-41-70)56-83(62-86)71-42-23-8-24-43-71/h1-63H. The molecule has 1 heterocycles. The molecule has 3 heteroatoms. The summed E-state index contributed by atoms with van der Waals surface area (Å²) in [6, 6.07) is 139. The Hall–Kier alpha value is -12.7. The van der Waals surface area contributed by atoms with Crippen molar-refractivity contribution in [1.82, 2.24) is 15.0 Å². The van der Waals surface area contributed by atoms with E-state index in [1.807, 2.05) is 0 Å². The predicted octanol–water partition coefficient (Wildman–Crippen LogP) is 24.2. The molecule has 454 valence electrons. The molecule has 0 radical (unpaired) electrons. The Morgan fingerprint density at radius 2 is 0.381 bits per heavy atom. The number of hydrogen-bond donors (Lipinski definition) is 0. The van der Waals surface area contributed by atoms with Crippen molar-refractivity contribution in [3.8, 4) is 145 Å². The maximum Gasteiger partial charge on any atom is 0.164 e. The number of rotatable bonds is 14. The van der Waals surface area contributed by atoms with E-state index < -0.39 is 5.41 Å². The fourth-order valence-electron chi connectivity index (χ4n) is 14.4. The predicted molar refractivity (Wildman–Crippen MR) is 402 cm³/mol. The highest BCUT2D eigenvalue weighted by Crippen LogP contribution is 2.58. The van der Waals surface area contributed by atoms with Crippen LogP contribution in [0.5, 0.6) is 0 Å². The Kier molecular flexibility index (Phi) is 15.2. The van der Waals surface area contributed by atoms with Gasteiger partial charge in [-0.25, -0.2) is 15.0 Å². The number of fused-ring (bicyclic) bond motifs is 3. The second-order valence-corrected chi connectivity index (χ2v) is 25.1. The van der Waals surface area contributed by atoms with Crippen molar-refractivity contribution in [1.29, 1.82) is 0 Å². The number of aromatic nitrogens is 3. The minimum Gasteiger partial charge on any atom is -0.208 e. The van der Waals surface area contributed by atoms with E-state index in [0.29, 0.717) is 17.5 Å². The zero-order valence-electron chi connectivity index (χ0n) is 53.2. The first-order valence-electron chi connectivity index (χ1n) is 33.2. The fraction of sp³-hybridized carbons (Fsp3) is 0.0106. The van der Waals surface area contributed by atoms with Crippen LogP contribution in [0.15, 0.2) is 382 Å². The summed E-state index contributed by atoms with van der Waals surface area (Å²) >= 11 is 0. The lowest BCUT2D eigenvalue weighted by atomic mass is 9.66. The van der Waals surface area contributed by atoms with E-state index in [2.05, 4.69) is 382 Å². The van der Waals surface area contributed by atoms with E-state index >= 15 is 0 Å². The Morgan fingerprint density at radius 1 is 0.144 bits per heavy atom. The van der Waals surface area contributed by atoms with Gasteiger partial charge in [0.25, 0.3) is 0 Å². The molecule has 16 aromatic rings. The zero-order chi connectivity index (χ0) is 64.5. The van der Waals surface area contributed by atoms with Crippen LogP contribution >= 0.6 is 0 Å². The Bertz CT molecular complexity index is 5170. The van der Waals surface area contributed by atoms with Gasteiger partial charge in [0.15, 0.2) is 17.5 Å². The molecule has 0 saturated heterocycles. The van der Waals surface area contributed by atoms with Gasteiger partial charge in [-0.1, -0.05) is 297 Å². The number of nitrogens with zero attached hydrogens (tertiary/aromatic N) is 3. The van der Waals surface area contributed by atoms with Gasteiger partial charge in [0.1, 0.15) is 0 Å². The van der Waals surface area contributed by atoms with Gasteiger partial charge in [-0.05, 0) is 218 Å². The number of hydrogen-bond acceptors (Lipinski definition) is 3. The van der Waals surface area contributed by atoms with E-state index in [-0.39, 0.29) is 0 Å². The average Bonchev–Trinajstić information content (AvgIpc) is 1.55. The van der Waals surface area contributed by atoms with Crippen molar-refractivity contribution >= 4 is 0 Å². The fourth-order valence-corrected chi connectivity index (χ4v) is 14.4. The molecule has 3 nitrogen and oxygen atoms in total. The largest absolute Gasteiger partial charge is 0.208 e. The normalized spacial score (nSPS) is 12.0. The molecule has 0 saturated carbocycles. The summed E-state index contributed by atoms with van der Waals surface area (Å²) in [5.74, 6) is 1.70. The van der Waals surface area contributed by atoms with Gasteiger partial charge in [0, 0.05) is 16.7 Å². The highest BCUT2D eigenvalue weighted by atomic mass is 15.0. The summed E-state index contributed by atoms with van der Waals surface area (Å²) in [4.78, 5) is 17.0. The molecule has 1 aromatic heterocycles. The van der Waals surface area contributed by atoms with Gasteiger partial charge in [-0.3, -0.25) is 0 Å². The maximum atomic E-state index is 5.70. The third-order valence-electron chi connectivity index (χ3n) is 19.1. The quantitative estimate of drug-likeness (QED) is 0.109. The van der Waals surface area contributed by atoms with Gasteiger partial charge in [-0.15, -0.1) is 0 Å². The summed E-state index contributed by atoms with van der Waals surface area (Å²) < 4.78 is 0. The molecule has 0 aliphatic heterocycles. The van der Waals surface area contributed by atoms with Crippen molar-refractivity contribution in [3.63, 3.8) is 0 Å². The third-order valence-corrected chi connectivity index (χ3v) is 19.1. The molecule has 0 amide bonds. The molecule has 0 spiro atoms. The topological polar surface area (TPSA) is 38.7 Å². The lowest BCUT2D eigenvalue weighted by molar-refractivity contribution is 0.770. The van der Waals surface area contributed by atoms with Gasteiger partial charge in [-0.2, -0.15) is 0 Å². The molecule has 0 fully saturated rings. The second kappa shape index (κ2) is 25.3. The number of benzene rings is 15. The second-order valence-electron chi connectivity index (χ2n) is 25.1. The van der Waals surface area contributed by atoms with Crippen LogP contribution in [-0.4, -0.2) is 15.0 Å². The SMILES string of the molecule is c1ccc(-c2cc(-c3ccccc3)cc(-c3cccc(-c4nc(-c5cc(-c6ccccc6)cc(-c6ccccc6)c5)nc(-c5ccc6c(c5)C(c5cc(-c7ccccc7)cc(-c7ccccc7)c5)(c5cc(-c7ccccc7)cc(-c7ccccc7)c5)c5ccccc5-6)n4)c3)c2)cc1. The van der Waals surface area contributed by atoms with Gasteiger partial charge in [0.05, 0.1) is 5.41 Å². The smallest absolute Gasteiger partial charge is 0.164 e. The van der Waals surface area contributed by atoms with E-state index in [4.69, 9.17) is 15.0 Å². The highest BCUT2D eigenvalue weighted by Gasteiger charge is 2.47. The molecule has 1 aliphatic carbocycles. The molecule has 0 atom stereocenters. The van der Waals surface area contributed by atoms with E-state index in [0.717, 1.165) is 139 Å². The molecule has 17 rings (SSSR count). The minimum absolute atomic E-state index is 0.563. The third kappa shape index (κ3) is 11.2. The van der Waals surface area contributed by atoms with E-state index in [1.165, 1.54) is 11.1 Å². The van der Waals surface area contributed by atoms with Gasteiger partial charge in [0.2, 0.25) is 0 Å². The first kappa shape index (κ1) is 58.2. The van der Waals surface area contributed by atoms with Gasteiger partial charge >= 0.3 is 0 Å². The summed E-state index contributed by atoms with van der Waals surface area (Å²) in [6.45, 7) is 0. The molecule has 97 heavy (non-hydrogen) atoms. The van der Waals surface area contributed by atoms with Crippen LogP contribution in [0.2, 0.25) is 0 Å². The zero-order valence-corrected chi connectivity index (χ0v) is 53.2. The van der Waals surface area contributed by atoms with Crippen molar-refractivity contribution in [2.45, 2.75) is 5.41 Å². The van der Waals surface area contributed by atoms with Crippen LogP contribution in [0, 0.1) is 0 Å². The van der Waals surface area contributed by atoms with Crippen molar-refractivity contribution in [2.24, 2.45) is 0 Å². The van der Waals surface area contributed by atoms with Crippen LogP contribution in [0.3, 0.4) is 0 Å². The average molecular weight is 1230 g/mol. The molecule has 1 aliphatic rings. The Balaban J connectivity index is 0.934. The van der Waals surface area contributed by atoms with Crippen LogP contribution < -0.4 is 0 Å². The van der Waals surface area contributed by atoms with Crippen molar-refractivity contribution in [2.75, 3.05) is 0 Å². The maximum absolute atomic E-state index is 5.70. The van der Waals surface area contributed by atoms with E-state index in [9.17, 15) is 0 Å². The first-order chi connectivity index (χ1) is 48.0. The van der Waals surface area contributed by atoms with E-state index in [1.54, 1.807) is 0 Å². The van der Waals surface area contributed by atoms with Crippen LogP contribution in [-0.2, 0) is 5.41 Å². The first-order valence-corrected chi connectivity index (χ1v) is 33.2. The lowest BCUT2D eigenvalue weighted by Crippen LogP contribution is -2.29. The van der Waals surface area contributed by atoms with Gasteiger partial charge < -0.3 is 0 Å². The van der Waals surface area contributed by atoms with Crippen LogP contribution in [0.25, 0.3) is 145 Å². The molecule has 0 unspecified atom stereocenters. The minimum atomic E-state index is -0.904. The summed E-state index contributed by atoms with van der Waals surface area (Å²) in [7, 11) is 0. The molecule has 0 bridgehead atoms. The summed E-state index contributed by atoms with van der Waals surface area (Å²) in [5, 5.41) is 0. The van der Waals surface area contributed by atoms with Crippen molar-refractivity contribution < 1.29 is 0 Å². The molecular formula is C94H63N3. The van der Waals surface area contributed by atoms with Crippen LogP contribution in [0.1, 0.15) is 22.3 Å². The Labute approximate surface area is 566 Å². The molecule has 15 aromatic carbocycles. The summed E-state index contributed by atoms with van der Waals surface area (Å²) in [6.07, 6.45) is 0.